The smallest absolute Gasteiger partial charge is 0.408 e. The van der Waals surface area contributed by atoms with Gasteiger partial charge in [-0.25, -0.2) is 9.59 Å². The zero-order valence-electron chi connectivity index (χ0n) is 15.9. The van der Waals surface area contributed by atoms with Gasteiger partial charge in [0.1, 0.15) is 17.7 Å². The molecule has 2 rings (SSSR count). The molecule has 7 nitrogen and oxygen atoms in total. The minimum absolute atomic E-state index is 0.187. The van der Waals surface area contributed by atoms with Crippen molar-refractivity contribution in [3.63, 3.8) is 0 Å². The second kappa shape index (κ2) is 7.93. The second-order valence-electron chi connectivity index (χ2n) is 7.51. The van der Waals surface area contributed by atoms with Gasteiger partial charge in [-0.15, -0.1) is 6.58 Å². The molecule has 2 amide bonds. The second-order valence-corrected chi connectivity index (χ2v) is 7.51. The van der Waals surface area contributed by atoms with Crippen LogP contribution in [0.5, 0.6) is 0 Å². The van der Waals surface area contributed by atoms with Crippen LogP contribution in [-0.4, -0.2) is 53.2 Å². The van der Waals surface area contributed by atoms with E-state index in [1.807, 2.05) is 12.2 Å². The Hall–Kier alpha value is -2.31. The average Bonchev–Trinajstić information content (AvgIpc) is 2.83. The van der Waals surface area contributed by atoms with Crippen molar-refractivity contribution in [1.29, 1.82) is 0 Å². The van der Waals surface area contributed by atoms with Gasteiger partial charge in [-0.05, 0) is 40.5 Å². The molecule has 1 saturated heterocycles. The van der Waals surface area contributed by atoms with E-state index in [1.54, 1.807) is 33.8 Å². The lowest BCUT2D eigenvalue weighted by Crippen LogP contribution is -2.54. The Morgan fingerprint density at radius 2 is 2.12 bits per heavy atom. The normalized spacial score (nSPS) is 28.2. The Morgan fingerprint density at radius 1 is 1.42 bits per heavy atom. The highest BCUT2D eigenvalue weighted by Crippen LogP contribution is 2.34. The number of hydrogen-bond acceptors (Lipinski definition) is 5. The highest BCUT2D eigenvalue weighted by atomic mass is 16.6. The molecule has 7 heteroatoms. The van der Waals surface area contributed by atoms with Gasteiger partial charge in [0.2, 0.25) is 5.91 Å². The molecule has 144 valence electrons. The van der Waals surface area contributed by atoms with Gasteiger partial charge in [0.05, 0.1) is 12.6 Å². The lowest BCUT2D eigenvalue weighted by Gasteiger charge is -2.31. The van der Waals surface area contributed by atoms with Crippen LogP contribution in [0.15, 0.2) is 24.8 Å². The SMILES string of the molecule is C=C[C@H]1C[C@H]2C=CCC(NC(=O)OC(C)(C)C)C(=O)N2[C@@H]1C(=O)OCC. The van der Waals surface area contributed by atoms with E-state index in [0.29, 0.717) is 12.8 Å². The van der Waals surface area contributed by atoms with Gasteiger partial charge >= 0.3 is 12.1 Å². The number of carbonyl (C=O) groups excluding carboxylic acids is 3. The van der Waals surface area contributed by atoms with E-state index >= 15 is 0 Å². The van der Waals surface area contributed by atoms with Gasteiger partial charge in [-0.3, -0.25) is 4.79 Å². The van der Waals surface area contributed by atoms with Gasteiger partial charge in [0, 0.05) is 5.92 Å². The summed E-state index contributed by atoms with van der Waals surface area (Å²) in [5.74, 6) is -0.944. The first kappa shape index (κ1) is 20.0. The molecule has 0 aromatic heterocycles. The molecule has 0 saturated carbocycles. The summed E-state index contributed by atoms with van der Waals surface area (Å²) < 4.78 is 10.4. The first-order chi connectivity index (χ1) is 12.2. The highest BCUT2D eigenvalue weighted by molar-refractivity contribution is 5.91. The number of ether oxygens (including phenoxy) is 2. The van der Waals surface area contributed by atoms with Crippen molar-refractivity contribution in [2.75, 3.05) is 6.61 Å². The maximum absolute atomic E-state index is 13.1. The monoisotopic (exact) mass is 364 g/mol. The van der Waals surface area contributed by atoms with E-state index in [0.717, 1.165) is 0 Å². The summed E-state index contributed by atoms with van der Waals surface area (Å²) in [5.41, 5.74) is -0.661. The third-order valence-electron chi connectivity index (χ3n) is 4.38. The Bertz CT molecular complexity index is 608. The summed E-state index contributed by atoms with van der Waals surface area (Å²) in [6.45, 7) is 11.0. The van der Waals surface area contributed by atoms with Gasteiger partial charge in [0.15, 0.2) is 0 Å². The first-order valence-corrected chi connectivity index (χ1v) is 8.95. The van der Waals surface area contributed by atoms with Crippen LogP contribution in [0.4, 0.5) is 4.79 Å². The number of hydrogen-bond donors (Lipinski definition) is 1. The van der Waals surface area contributed by atoms with Crippen LogP contribution in [-0.2, 0) is 19.1 Å². The van der Waals surface area contributed by atoms with Crippen molar-refractivity contribution in [2.24, 2.45) is 5.92 Å². The third-order valence-corrected chi connectivity index (χ3v) is 4.38. The molecule has 0 aromatic rings. The summed E-state index contributed by atoms with van der Waals surface area (Å²) in [6, 6.07) is -1.73. The van der Waals surface area contributed by atoms with Crippen molar-refractivity contribution >= 4 is 18.0 Å². The van der Waals surface area contributed by atoms with Crippen LogP contribution in [0.25, 0.3) is 0 Å². The molecular weight excluding hydrogens is 336 g/mol. The van der Waals surface area contributed by atoms with Crippen LogP contribution in [0.3, 0.4) is 0 Å². The van der Waals surface area contributed by atoms with Crippen LogP contribution in [0.2, 0.25) is 0 Å². The topological polar surface area (TPSA) is 84.9 Å². The molecule has 2 aliphatic rings. The zero-order chi connectivity index (χ0) is 19.5. The number of amides is 2. The number of fused-ring (bicyclic) bond motifs is 1. The van der Waals surface area contributed by atoms with Crippen LogP contribution in [0, 0.1) is 5.92 Å². The Kier molecular flexibility index (Phi) is 6.10. The number of esters is 1. The fraction of sp³-hybridized carbons (Fsp3) is 0.632. The van der Waals surface area contributed by atoms with E-state index in [-0.39, 0.29) is 24.5 Å². The molecule has 2 heterocycles. The standard InChI is InChI=1S/C19H28N2O5/c1-6-12-11-13-9-8-10-14(20-18(24)26-19(3,4)5)16(22)21(13)15(12)17(23)25-7-2/h6,8-9,12-15H,1,7,10-11H2,2-5H3,(H,20,24)/t12-,13+,14?,15-/m0/s1. The number of rotatable bonds is 4. The van der Waals surface area contributed by atoms with E-state index in [1.165, 1.54) is 4.90 Å². The molecular formula is C19H28N2O5. The molecule has 0 bridgehead atoms. The molecule has 0 aliphatic carbocycles. The number of nitrogens with zero attached hydrogens (tertiary/aromatic N) is 1. The maximum Gasteiger partial charge on any atom is 0.408 e. The van der Waals surface area contributed by atoms with Crippen molar-refractivity contribution in [2.45, 2.75) is 64.3 Å². The van der Waals surface area contributed by atoms with Crippen molar-refractivity contribution in [3.05, 3.63) is 24.8 Å². The zero-order valence-corrected chi connectivity index (χ0v) is 15.9. The van der Waals surface area contributed by atoms with Gasteiger partial charge < -0.3 is 19.7 Å². The van der Waals surface area contributed by atoms with Gasteiger partial charge in [-0.2, -0.15) is 0 Å². The van der Waals surface area contributed by atoms with E-state index in [9.17, 15) is 14.4 Å². The highest BCUT2D eigenvalue weighted by Gasteiger charge is 2.48. The van der Waals surface area contributed by atoms with Crippen LogP contribution in [0.1, 0.15) is 40.5 Å². The van der Waals surface area contributed by atoms with Crippen LogP contribution >= 0.6 is 0 Å². The minimum Gasteiger partial charge on any atom is -0.464 e. The van der Waals surface area contributed by atoms with Crippen LogP contribution < -0.4 is 5.32 Å². The first-order valence-electron chi connectivity index (χ1n) is 8.95. The Labute approximate surface area is 154 Å². The number of carbonyl (C=O) groups is 3. The summed E-state index contributed by atoms with van der Waals surface area (Å²) >= 11 is 0. The summed E-state index contributed by atoms with van der Waals surface area (Å²) in [6.07, 6.45) is 5.75. The fourth-order valence-electron chi connectivity index (χ4n) is 3.37. The van der Waals surface area contributed by atoms with Crippen molar-refractivity contribution in [3.8, 4) is 0 Å². The number of alkyl carbamates (subject to hydrolysis) is 1. The molecule has 0 radical (unpaired) electrons. The predicted octanol–water partition coefficient (Wildman–Crippen LogP) is 2.17. The lowest BCUT2D eigenvalue weighted by molar-refractivity contribution is -0.155. The van der Waals surface area contributed by atoms with Crippen molar-refractivity contribution < 1.29 is 23.9 Å². The molecule has 2 aliphatic heterocycles. The minimum atomic E-state index is -0.786. The van der Waals surface area contributed by atoms with Gasteiger partial charge in [-0.1, -0.05) is 18.2 Å². The Morgan fingerprint density at radius 3 is 2.69 bits per heavy atom. The average molecular weight is 364 g/mol. The Balaban J connectivity index is 2.21. The fourth-order valence-corrected chi connectivity index (χ4v) is 3.37. The molecule has 0 aromatic carbocycles. The van der Waals surface area contributed by atoms with Crippen molar-refractivity contribution in [1.82, 2.24) is 10.2 Å². The number of nitrogens with one attached hydrogen (secondary N) is 1. The summed E-state index contributed by atoms with van der Waals surface area (Å²) in [7, 11) is 0. The quantitative estimate of drug-likeness (QED) is 0.610. The summed E-state index contributed by atoms with van der Waals surface area (Å²) in [4.78, 5) is 39.1. The maximum atomic E-state index is 13.1. The third kappa shape index (κ3) is 4.45. The lowest BCUT2D eigenvalue weighted by atomic mass is 9.98. The predicted molar refractivity (Wildman–Crippen MR) is 96.3 cm³/mol. The van der Waals surface area contributed by atoms with E-state index < -0.39 is 29.7 Å². The molecule has 1 unspecified atom stereocenters. The van der Waals surface area contributed by atoms with E-state index in [2.05, 4.69) is 11.9 Å². The molecule has 4 atom stereocenters. The summed E-state index contributed by atoms with van der Waals surface area (Å²) in [5, 5.41) is 2.62. The molecule has 1 N–H and O–H groups in total. The molecule has 1 fully saturated rings. The van der Waals surface area contributed by atoms with Gasteiger partial charge in [0.25, 0.3) is 0 Å². The largest absolute Gasteiger partial charge is 0.464 e. The van der Waals surface area contributed by atoms with E-state index in [4.69, 9.17) is 9.47 Å². The molecule has 0 spiro atoms. The molecule has 26 heavy (non-hydrogen) atoms.